The Morgan fingerprint density at radius 2 is 2.00 bits per heavy atom. The molecule has 126 valence electrons. The van der Waals surface area contributed by atoms with E-state index in [2.05, 4.69) is 31.1 Å². The van der Waals surface area contributed by atoms with Gasteiger partial charge in [0.1, 0.15) is 19.8 Å². The summed E-state index contributed by atoms with van der Waals surface area (Å²) in [5, 5.41) is 10.2. The van der Waals surface area contributed by atoms with Crippen molar-refractivity contribution in [3.05, 3.63) is 0 Å². The van der Waals surface area contributed by atoms with Gasteiger partial charge in [0.15, 0.2) is 0 Å². The molecule has 1 heterocycles. The summed E-state index contributed by atoms with van der Waals surface area (Å²) in [5.74, 6) is 2.97. The summed E-state index contributed by atoms with van der Waals surface area (Å²) in [6.07, 6.45) is 2.55. The van der Waals surface area contributed by atoms with Gasteiger partial charge in [-0.1, -0.05) is 25.6 Å². The molecule has 22 heavy (non-hydrogen) atoms. The summed E-state index contributed by atoms with van der Waals surface area (Å²) in [6, 6.07) is 0.0227. The Bertz CT molecular complexity index is 440. The van der Waals surface area contributed by atoms with E-state index in [9.17, 15) is 9.90 Å². The molecule has 0 aliphatic carbocycles. The van der Waals surface area contributed by atoms with Gasteiger partial charge in [0.25, 0.3) is 0 Å². The molecule has 1 fully saturated rings. The molecule has 0 saturated carbocycles. The van der Waals surface area contributed by atoms with Crippen molar-refractivity contribution in [2.75, 3.05) is 6.54 Å². The largest absolute Gasteiger partial charge is 0.444 e. The number of piperidine rings is 1. The van der Waals surface area contributed by atoms with Crippen LogP contribution in [0.25, 0.3) is 0 Å². The second kappa shape index (κ2) is 7.52. The molecule has 1 amide bonds. The minimum absolute atomic E-state index is 0.0227. The van der Waals surface area contributed by atoms with Crippen molar-refractivity contribution in [3.8, 4) is 11.5 Å². The number of carbonyl (C=O) groups is 1. The summed E-state index contributed by atoms with van der Waals surface area (Å²) in [4.78, 5) is 14.1. The topological polar surface area (TPSA) is 49.8 Å². The van der Waals surface area contributed by atoms with Crippen LogP contribution < -0.4 is 0 Å². The first-order chi connectivity index (χ1) is 9.98. The van der Waals surface area contributed by atoms with Crippen LogP contribution in [-0.4, -0.2) is 48.5 Å². The number of hydrogen-bond acceptors (Lipinski definition) is 3. The molecule has 2 unspecified atom stereocenters. The molecule has 1 N–H and O–H groups in total. The Kier molecular flexibility index (Phi) is 6.51. The summed E-state index contributed by atoms with van der Waals surface area (Å²) in [6.45, 7) is 12.8. The number of nitrogens with zero attached hydrogens (tertiary/aromatic N) is 1. The molecule has 0 aromatic rings. The Morgan fingerprint density at radius 1 is 1.36 bits per heavy atom. The maximum atomic E-state index is 12.3. The van der Waals surface area contributed by atoms with Crippen molar-refractivity contribution in [3.63, 3.8) is 0 Å². The van der Waals surface area contributed by atoms with E-state index in [4.69, 9.17) is 4.74 Å². The Hall–Kier alpha value is -0.993. The normalized spacial score (nSPS) is 20.9. The van der Waals surface area contributed by atoms with Crippen molar-refractivity contribution >= 4 is 14.2 Å². The van der Waals surface area contributed by atoms with Crippen LogP contribution in [0.2, 0.25) is 19.6 Å². The fourth-order valence-electron chi connectivity index (χ4n) is 2.42. The van der Waals surface area contributed by atoms with Gasteiger partial charge >= 0.3 is 6.09 Å². The molecule has 0 aromatic heterocycles. The van der Waals surface area contributed by atoms with Gasteiger partial charge in [-0.05, 0) is 40.0 Å². The summed E-state index contributed by atoms with van der Waals surface area (Å²) in [7, 11) is -1.48. The van der Waals surface area contributed by atoms with Crippen molar-refractivity contribution < 1.29 is 14.6 Å². The molecule has 0 bridgehead atoms. The Labute approximate surface area is 136 Å². The highest BCUT2D eigenvalue weighted by Gasteiger charge is 2.31. The molecule has 0 aromatic carbocycles. The Balaban J connectivity index is 2.69. The van der Waals surface area contributed by atoms with Gasteiger partial charge in [-0.2, -0.15) is 0 Å². The second-order valence-electron chi connectivity index (χ2n) is 8.09. The number of aliphatic hydroxyl groups is 1. The quantitative estimate of drug-likeness (QED) is 0.625. The van der Waals surface area contributed by atoms with Crippen LogP contribution in [0, 0.1) is 11.5 Å². The van der Waals surface area contributed by atoms with Gasteiger partial charge in [-0.3, -0.25) is 0 Å². The average Bonchev–Trinajstić information content (AvgIpc) is 2.34. The van der Waals surface area contributed by atoms with E-state index >= 15 is 0 Å². The fraction of sp³-hybridized carbons (Fsp3) is 0.824. The number of amides is 1. The van der Waals surface area contributed by atoms with E-state index < -0.39 is 19.8 Å². The molecule has 0 spiro atoms. The second-order valence-corrected chi connectivity index (χ2v) is 12.8. The van der Waals surface area contributed by atoms with Gasteiger partial charge in [-0.15, -0.1) is 5.54 Å². The van der Waals surface area contributed by atoms with Crippen molar-refractivity contribution in [2.24, 2.45) is 0 Å². The minimum Gasteiger partial charge on any atom is -0.444 e. The maximum Gasteiger partial charge on any atom is 0.410 e. The molecule has 5 heteroatoms. The third-order valence-electron chi connectivity index (χ3n) is 3.36. The summed E-state index contributed by atoms with van der Waals surface area (Å²) < 4.78 is 5.48. The maximum absolute atomic E-state index is 12.3. The third kappa shape index (κ3) is 7.32. The zero-order valence-corrected chi connectivity index (χ0v) is 15.9. The van der Waals surface area contributed by atoms with E-state index in [-0.39, 0.29) is 12.1 Å². The lowest BCUT2D eigenvalue weighted by molar-refractivity contribution is 0.00513. The van der Waals surface area contributed by atoms with Gasteiger partial charge < -0.3 is 14.7 Å². The fourth-order valence-corrected chi connectivity index (χ4v) is 3.02. The van der Waals surface area contributed by atoms with Crippen LogP contribution >= 0.6 is 0 Å². The molecular formula is C17H31NO3Si. The van der Waals surface area contributed by atoms with Gasteiger partial charge in [-0.25, -0.2) is 4.79 Å². The number of likely N-dealkylation sites (tertiary alicyclic amines) is 1. The van der Waals surface area contributed by atoms with E-state index in [0.29, 0.717) is 13.0 Å². The molecule has 0 radical (unpaired) electrons. The lowest BCUT2D eigenvalue weighted by Crippen LogP contribution is -2.47. The van der Waals surface area contributed by atoms with E-state index in [0.717, 1.165) is 19.3 Å². The first-order valence-electron chi connectivity index (χ1n) is 8.18. The highest BCUT2D eigenvalue weighted by molar-refractivity contribution is 6.83. The predicted molar refractivity (Wildman–Crippen MR) is 92.3 cm³/mol. The number of rotatable bonds is 2. The van der Waals surface area contributed by atoms with E-state index in [1.807, 2.05) is 20.8 Å². The van der Waals surface area contributed by atoms with Crippen molar-refractivity contribution in [1.29, 1.82) is 0 Å². The molecule has 1 rings (SSSR count). The van der Waals surface area contributed by atoms with Crippen LogP contribution in [0.3, 0.4) is 0 Å². The number of aliphatic hydroxyl groups excluding tert-OH is 1. The van der Waals surface area contributed by atoms with Gasteiger partial charge in [0.2, 0.25) is 0 Å². The van der Waals surface area contributed by atoms with Crippen molar-refractivity contribution in [1.82, 2.24) is 4.90 Å². The molecule has 1 saturated heterocycles. The first kappa shape index (κ1) is 19.1. The smallest absolute Gasteiger partial charge is 0.410 e. The monoisotopic (exact) mass is 325 g/mol. The van der Waals surface area contributed by atoms with Crippen LogP contribution in [0.5, 0.6) is 0 Å². The minimum atomic E-state index is -1.48. The average molecular weight is 326 g/mol. The highest BCUT2D eigenvalue weighted by atomic mass is 28.3. The molecule has 1 aliphatic rings. The molecular weight excluding hydrogens is 294 g/mol. The van der Waals surface area contributed by atoms with Crippen LogP contribution in [0.4, 0.5) is 4.79 Å². The third-order valence-corrected chi connectivity index (χ3v) is 4.26. The molecule has 2 atom stereocenters. The lowest BCUT2D eigenvalue weighted by Gasteiger charge is -2.37. The zero-order valence-electron chi connectivity index (χ0n) is 14.9. The lowest BCUT2D eigenvalue weighted by atomic mass is 9.97. The van der Waals surface area contributed by atoms with Crippen molar-refractivity contribution in [2.45, 2.75) is 83.8 Å². The number of carbonyl (C=O) groups excluding carboxylic acids is 1. The molecule has 1 aliphatic heterocycles. The Morgan fingerprint density at radius 3 is 2.55 bits per heavy atom. The number of ether oxygens (including phenoxy) is 1. The van der Waals surface area contributed by atoms with Gasteiger partial charge in [0.05, 0.1) is 0 Å². The van der Waals surface area contributed by atoms with Gasteiger partial charge in [0, 0.05) is 19.0 Å². The van der Waals surface area contributed by atoms with E-state index in [1.165, 1.54) is 0 Å². The van der Waals surface area contributed by atoms with Crippen LogP contribution in [-0.2, 0) is 4.74 Å². The van der Waals surface area contributed by atoms with E-state index in [1.54, 1.807) is 4.90 Å². The summed E-state index contributed by atoms with van der Waals surface area (Å²) in [5.41, 5.74) is 2.71. The first-order valence-corrected chi connectivity index (χ1v) is 11.7. The standard InChI is InChI=1S/C17H31NO3Si/c1-17(2,3)21-16(20)18-11-8-7-9-14(18)13-15(19)10-12-22(4,5)6/h14-15,19H,7-9,11,13H2,1-6H3. The predicted octanol–water partition coefficient (Wildman–Crippen LogP) is 3.41. The summed E-state index contributed by atoms with van der Waals surface area (Å²) >= 11 is 0. The van der Waals surface area contributed by atoms with Crippen LogP contribution in [0.15, 0.2) is 0 Å². The highest BCUT2D eigenvalue weighted by Crippen LogP contribution is 2.23. The molecule has 4 nitrogen and oxygen atoms in total. The number of hydrogen-bond donors (Lipinski definition) is 1. The van der Waals surface area contributed by atoms with Crippen LogP contribution in [0.1, 0.15) is 46.5 Å². The zero-order chi connectivity index (χ0) is 17.0. The SMILES string of the molecule is CC(C)(C)OC(=O)N1CCCCC1CC(O)C#C[Si](C)(C)C.